The maximum atomic E-state index is 12.8. The first-order valence-electron chi connectivity index (χ1n) is 27.5. The molecular formula is C62H100O6. The Morgan fingerprint density at radius 3 is 0.897 bits per heavy atom. The fourth-order valence-electron chi connectivity index (χ4n) is 7.09. The average Bonchev–Trinajstić information content (AvgIpc) is 3.34. The van der Waals surface area contributed by atoms with Crippen LogP contribution in [-0.4, -0.2) is 37.2 Å². The average molecular weight is 941 g/mol. The van der Waals surface area contributed by atoms with Gasteiger partial charge < -0.3 is 14.2 Å². The number of ether oxygens (including phenoxy) is 3. The van der Waals surface area contributed by atoms with E-state index < -0.39 is 6.10 Å². The standard InChI is InChI=1S/C62H100O6/c1-4-7-10-13-16-19-22-25-28-29-30-31-32-33-35-37-40-43-46-49-52-55-61(64)67-58-59(57-66-60(63)54-51-48-45-42-39-36-27-24-21-18-15-12-9-6-3)68-62(65)56-53-50-47-44-41-38-34-26-23-20-17-14-11-8-5-2/h7-8,10-11,15-20,24-28,30-31,33-35,59H,4-6,9,12-14,21-23,29,32,36-58H2,1-3H3/b10-7-,11-8-,18-15-,19-16-,20-17-,27-24-,28-25-,31-30-,34-26-,35-33-. The molecule has 0 amide bonds. The molecule has 0 aliphatic carbocycles. The second-order valence-corrected chi connectivity index (χ2v) is 17.7. The van der Waals surface area contributed by atoms with Crippen molar-refractivity contribution in [2.45, 2.75) is 239 Å². The second-order valence-electron chi connectivity index (χ2n) is 17.7. The monoisotopic (exact) mass is 941 g/mol. The molecule has 1 unspecified atom stereocenters. The topological polar surface area (TPSA) is 78.9 Å². The number of carbonyl (C=O) groups is 3. The van der Waals surface area contributed by atoms with E-state index in [1.165, 1.54) is 19.3 Å². The van der Waals surface area contributed by atoms with Crippen molar-refractivity contribution in [1.29, 1.82) is 0 Å². The van der Waals surface area contributed by atoms with E-state index in [0.29, 0.717) is 19.3 Å². The fraction of sp³-hybridized carbons (Fsp3) is 0.629. The zero-order valence-electron chi connectivity index (χ0n) is 43.8. The van der Waals surface area contributed by atoms with Crippen molar-refractivity contribution in [2.24, 2.45) is 0 Å². The van der Waals surface area contributed by atoms with Crippen LogP contribution in [0.3, 0.4) is 0 Å². The Balaban J connectivity index is 4.47. The van der Waals surface area contributed by atoms with Gasteiger partial charge in [-0.25, -0.2) is 0 Å². The lowest BCUT2D eigenvalue weighted by Crippen LogP contribution is -2.30. The molecule has 0 saturated carbocycles. The summed E-state index contributed by atoms with van der Waals surface area (Å²) >= 11 is 0. The highest BCUT2D eigenvalue weighted by atomic mass is 16.6. The minimum atomic E-state index is -0.805. The lowest BCUT2D eigenvalue weighted by molar-refractivity contribution is -0.167. The molecular weight excluding hydrogens is 841 g/mol. The smallest absolute Gasteiger partial charge is 0.306 e. The lowest BCUT2D eigenvalue weighted by atomic mass is 10.1. The third kappa shape index (κ3) is 52.8. The van der Waals surface area contributed by atoms with E-state index in [1.807, 2.05) is 0 Å². The van der Waals surface area contributed by atoms with E-state index in [-0.39, 0.29) is 31.1 Å². The Hall–Kier alpha value is -4.19. The normalized spacial score (nSPS) is 13.0. The van der Waals surface area contributed by atoms with Gasteiger partial charge in [0.25, 0.3) is 0 Å². The molecule has 0 aromatic heterocycles. The van der Waals surface area contributed by atoms with Crippen LogP contribution in [0.2, 0.25) is 0 Å². The zero-order valence-corrected chi connectivity index (χ0v) is 43.8. The predicted octanol–water partition coefficient (Wildman–Crippen LogP) is 18.5. The highest BCUT2D eigenvalue weighted by molar-refractivity contribution is 5.71. The second kappa shape index (κ2) is 55.4. The van der Waals surface area contributed by atoms with Gasteiger partial charge in [-0.2, -0.15) is 0 Å². The molecule has 0 rings (SSSR count). The molecule has 0 aliphatic heterocycles. The molecule has 0 N–H and O–H groups in total. The Morgan fingerprint density at radius 2 is 0.574 bits per heavy atom. The number of unbranched alkanes of at least 4 members (excludes halogenated alkanes) is 17. The van der Waals surface area contributed by atoms with Crippen molar-refractivity contribution in [1.82, 2.24) is 0 Å². The van der Waals surface area contributed by atoms with Crippen LogP contribution in [0.15, 0.2) is 122 Å². The summed E-state index contributed by atoms with van der Waals surface area (Å²) in [5.41, 5.74) is 0. The SMILES string of the molecule is CC/C=C\C/C=C\C/C=C\C/C=C\C/C=C\CCCCCCCC(=O)OCC(COC(=O)CCCCCCC/C=C\C/C=C\CCCC)OC(=O)CCCCCCC/C=C\C/C=C\C/C=C\CC. The summed E-state index contributed by atoms with van der Waals surface area (Å²) in [5, 5.41) is 0. The molecule has 0 aromatic carbocycles. The Labute approximate surface area is 418 Å². The third-order valence-electron chi connectivity index (χ3n) is 11.2. The van der Waals surface area contributed by atoms with Gasteiger partial charge in [-0.1, -0.05) is 213 Å². The molecule has 0 aliphatic rings. The summed E-state index contributed by atoms with van der Waals surface area (Å²) < 4.78 is 16.8. The lowest BCUT2D eigenvalue weighted by Gasteiger charge is -2.18. The van der Waals surface area contributed by atoms with Crippen LogP contribution in [0.4, 0.5) is 0 Å². The largest absolute Gasteiger partial charge is 0.462 e. The van der Waals surface area contributed by atoms with Gasteiger partial charge in [-0.15, -0.1) is 0 Å². The van der Waals surface area contributed by atoms with E-state index >= 15 is 0 Å². The molecule has 0 bridgehead atoms. The number of rotatable bonds is 48. The van der Waals surface area contributed by atoms with Crippen LogP contribution >= 0.6 is 0 Å². The van der Waals surface area contributed by atoms with Crippen LogP contribution in [0.25, 0.3) is 0 Å². The van der Waals surface area contributed by atoms with Crippen LogP contribution in [0.5, 0.6) is 0 Å². The zero-order chi connectivity index (χ0) is 49.3. The molecule has 0 fully saturated rings. The molecule has 384 valence electrons. The molecule has 0 heterocycles. The quantitative estimate of drug-likeness (QED) is 0.0262. The van der Waals surface area contributed by atoms with Crippen molar-refractivity contribution in [2.75, 3.05) is 13.2 Å². The third-order valence-corrected chi connectivity index (χ3v) is 11.2. The number of esters is 3. The molecule has 0 aromatic rings. The minimum absolute atomic E-state index is 0.102. The maximum Gasteiger partial charge on any atom is 0.306 e. The van der Waals surface area contributed by atoms with E-state index in [2.05, 4.69) is 142 Å². The first-order chi connectivity index (χ1) is 33.5. The van der Waals surface area contributed by atoms with Crippen molar-refractivity contribution < 1.29 is 28.6 Å². The Morgan fingerprint density at radius 1 is 0.309 bits per heavy atom. The summed E-state index contributed by atoms with van der Waals surface area (Å²) in [4.78, 5) is 38.1. The number of hydrogen-bond acceptors (Lipinski definition) is 6. The van der Waals surface area contributed by atoms with Gasteiger partial charge >= 0.3 is 17.9 Å². The van der Waals surface area contributed by atoms with Crippen LogP contribution in [0, 0.1) is 0 Å². The summed E-state index contributed by atoms with van der Waals surface area (Å²) in [6.45, 7) is 6.32. The van der Waals surface area contributed by atoms with E-state index in [4.69, 9.17) is 14.2 Å². The molecule has 6 heteroatoms. The summed E-state index contributed by atoms with van der Waals surface area (Å²) in [5.74, 6) is -0.956. The maximum absolute atomic E-state index is 12.8. The number of hydrogen-bond donors (Lipinski definition) is 0. The Kier molecular flexibility index (Phi) is 52.0. The van der Waals surface area contributed by atoms with Crippen LogP contribution < -0.4 is 0 Å². The van der Waals surface area contributed by atoms with Crippen molar-refractivity contribution >= 4 is 17.9 Å². The fourth-order valence-corrected chi connectivity index (χ4v) is 7.09. The van der Waals surface area contributed by atoms with Crippen LogP contribution in [0.1, 0.15) is 233 Å². The predicted molar refractivity (Wildman–Crippen MR) is 293 cm³/mol. The highest BCUT2D eigenvalue weighted by Crippen LogP contribution is 2.13. The molecule has 0 saturated heterocycles. The van der Waals surface area contributed by atoms with Gasteiger partial charge in [-0.05, 0) is 122 Å². The summed E-state index contributed by atoms with van der Waals surface area (Å²) in [6, 6.07) is 0. The molecule has 6 nitrogen and oxygen atoms in total. The highest BCUT2D eigenvalue weighted by Gasteiger charge is 2.19. The number of carbonyl (C=O) groups excluding carboxylic acids is 3. The van der Waals surface area contributed by atoms with Gasteiger partial charge in [0.1, 0.15) is 13.2 Å². The van der Waals surface area contributed by atoms with Crippen molar-refractivity contribution in [3.05, 3.63) is 122 Å². The van der Waals surface area contributed by atoms with Crippen molar-refractivity contribution in [3.8, 4) is 0 Å². The van der Waals surface area contributed by atoms with Gasteiger partial charge in [0, 0.05) is 19.3 Å². The molecule has 1 atom stereocenters. The summed E-state index contributed by atoms with van der Waals surface area (Å²) in [7, 11) is 0. The van der Waals surface area contributed by atoms with Gasteiger partial charge in [-0.3, -0.25) is 14.4 Å². The van der Waals surface area contributed by atoms with E-state index in [9.17, 15) is 14.4 Å². The number of allylic oxidation sites excluding steroid dienone is 20. The van der Waals surface area contributed by atoms with E-state index in [0.717, 1.165) is 173 Å². The molecule has 0 spiro atoms. The summed E-state index contributed by atoms with van der Waals surface area (Å²) in [6.07, 6.45) is 76.1. The molecule has 0 radical (unpaired) electrons. The van der Waals surface area contributed by atoms with Gasteiger partial charge in [0.05, 0.1) is 0 Å². The van der Waals surface area contributed by atoms with Crippen molar-refractivity contribution in [3.63, 3.8) is 0 Å². The van der Waals surface area contributed by atoms with E-state index in [1.54, 1.807) is 0 Å². The first kappa shape index (κ1) is 63.8. The van der Waals surface area contributed by atoms with Gasteiger partial charge in [0.15, 0.2) is 6.10 Å². The molecule has 68 heavy (non-hydrogen) atoms. The minimum Gasteiger partial charge on any atom is -0.462 e. The Bertz CT molecular complexity index is 1450. The van der Waals surface area contributed by atoms with Gasteiger partial charge in [0.2, 0.25) is 0 Å². The van der Waals surface area contributed by atoms with Crippen LogP contribution in [-0.2, 0) is 28.6 Å². The first-order valence-corrected chi connectivity index (χ1v) is 27.5.